The molecule has 0 saturated carbocycles. The summed E-state index contributed by atoms with van der Waals surface area (Å²) in [7, 11) is 0. The quantitative estimate of drug-likeness (QED) is 0.771. The molecule has 0 aromatic heterocycles. The molecule has 0 fully saturated rings. The van der Waals surface area contributed by atoms with E-state index < -0.39 is 0 Å². The molecule has 0 spiro atoms. The number of nitrogens with one attached hydrogen (secondary N) is 1. The molecule has 2 aromatic carbocycles. The maximum Gasteiger partial charge on any atom is 0.0595 e. The second kappa shape index (κ2) is 7.12. The predicted octanol–water partition coefficient (Wildman–Crippen LogP) is 5.48. The van der Waals surface area contributed by atoms with Gasteiger partial charge < -0.3 is 5.32 Å². The molecule has 0 aliphatic heterocycles. The molecule has 3 heteroatoms. The van der Waals surface area contributed by atoms with Crippen LogP contribution in [0.5, 0.6) is 0 Å². The third-order valence-corrected chi connectivity index (χ3v) is 4.07. The second-order valence-corrected chi connectivity index (χ2v) is 6.08. The van der Waals surface area contributed by atoms with Gasteiger partial charge in [0.1, 0.15) is 0 Å². The standard InChI is InChI=1S/C17H19Cl2N/c1-12(2)17(14-6-4-3-5-7-14)20-11-13-8-9-15(18)16(19)10-13/h3-10,12,17,20H,11H2,1-2H3. The fourth-order valence-corrected chi connectivity index (χ4v) is 2.60. The Morgan fingerprint density at radius 2 is 1.65 bits per heavy atom. The van der Waals surface area contributed by atoms with Crippen LogP contribution in [0.3, 0.4) is 0 Å². The number of halogens is 2. The number of rotatable bonds is 5. The van der Waals surface area contributed by atoms with Gasteiger partial charge in [0.05, 0.1) is 10.0 Å². The van der Waals surface area contributed by atoms with Gasteiger partial charge in [-0.2, -0.15) is 0 Å². The summed E-state index contributed by atoms with van der Waals surface area (Å²) in [5, 5.41) is 4.80. The average Bonchev–Trinajstić information content (AvgIpc) is 2.44. The zero-order valence-corrected chi connectivity index (χ0v) is 13.2. The van der Waals surface area contributed by atoms with Crippen LogP contribution in [0, 0.1) is 5.92 Å². The lowest BCUT2D eigenvalue weighted by Crippen LogP contribution is -2.25. The van der Waals surface area contributed by atoms with Crippen LogP contribution in [-0.2, 0) is 6.54 Å². The minimum absolute atomic E-state index is 0.325. The van der Waals surface area contributed by atoms with E-state index in [1.54, 1.807) is 0 Å². The number of hydrogen-bond donors (Lipinski definition) is 1. The molecule has 0 heterocycles. The van der Waals surface area contributed by atoms with Gasteiger partial charge in [0, 0.05) is 12.6 Å². The van der Waals surface area contributed by atoms with Crippen LogP contribution >= 0.6 is 23.2 Å². The topological polar surface area (TPSA) is 12.0 Å². The van der Waals surface area contributed by atoms with Crippen molar-refractivity contribution >= 4 is 23.2 Å². The van der Waals surface area contributed by atoms with Crippen LogP contribution in [0.15, 0.2) is 48.5 Å². The highest BCUT2D eigenvalue weighted by Crippen LogP contribution is 2.25. The van der Waals surface area contributed by atoms with Gasteiger partial charge in [0.15, 0.2) is 0 Å². The lowest BCUT2D eigenvalue weighted by molar-refractivity contribution is 0.410. The van der Waals surface area contributed by atoms with Crippen LogP contribution in [0.2, 0.25) is 10.0 Å². The molecule has 0 radical (unpaired) electrons. The molecule has 1 unspecified atom stereocenters. The van der Waals surface area contributed by atoms with Crippen molar-refractivity contribution in [3.8, 4) is 0 Å². The largest absolute Gasteiger partial charge is 0.306 e. The first-order valence-corrected chi connectivity index (χ1v) is 7.56. The predicted molar refractivity (Wildman–Crippen MR) is 87.3 cm³/mol. The Morgan fingerprint density at radius 1 is 0.950 bits per heavy atom. The van der Waals surface area contributed by atoms with Crippen LogP contribution in [0.25, 0.3) is 0 Å². The van der Waals surface area contributed by atoms with Crippen molar-refractivity contribution in [3.63, 3.8) is 0 Å². The van der Waals surface area contributed by atoms with Crippen molar-refractivity contribution in [1.29, 1.82) is 0 Å². The molecule has 1 atom stereocenters. The van der Waals surface area contributed by atoms with Crippen molar-refractivity contribution in [2.45, 2.75) is 26.4 Å². The van der Waals surface area contributed by atoms with Gasteiger partial charge in [0.2, 0.25) is 0 Å². The highest BCUT2D eigenvalue weighted by Gasteiger charge is 2.14. The minimum atomic E-state index is 0.325. The highest BCUT2D eigenvalue weighted by molar-refractivity contribution is 6.42. The third kappa shape index (κ3) is 3.99. The van der Waals surface area contributed by atoms with Crippen molar-refractivity contribution in [3.05, 3.63) is 69.7 Å². The van der Waals surface area contributed by atoms with E-state index in [0.29, 0.717) is 22.0 Å². The molecule has 106 valence electrons. The fourth-order valence-electron chi connectivity index (χ4n) is 2.28. The first-order valence-electron chi connectivity index (χ1n) is 6.80. The van der Waals surface area contributed by atoms with E-state index in [1.165, 1.54) is 5.56 Å². The molecule has 0 bridgehead atoms. The summed E-state index contributed by atoms with van der Waals surface area (Å²) in [6, 6.07) is 16.6. The molecule has 2 rings (SSSR count). The third-order valence-electron chi connectivity index (χ3n) is 3.34. The maximum absolute atomic E-state index is 6.05. The van der Waals surface area contributed by atoms with Gasteiger partial charge in [-0.25, -0.2) is 0 Å². The summed E-state index contributed by atoms with van der Waals surface area (Å²) in [5.74, 6) is 0.514. The highest BCUT2D eigenvalue weighted by atomic mass is 35.5. The monoisotopic (exact) mass is 307 g/mol. The molecule has 2 aromatic rings. The van der Waals surface area contributed by atoms with E-state index in [1.807, 2.05) is 24.3 Å². The fraction of sp³-hybridized carbons (Fsp3) is 0.294. The molecular weight excluding hydrogens is 289 g/mol. The lowest BCUT2D eigenvalue weighted by atomic mass is 9.96. The second-order valence-electron chi connectivity index (χ2n) is 5.26. The van der Waals surface area contributed by atoms with Crippen LogP contribution in [0.1, 0.15) is 31.0 Å². The summed E-state index contributed by atoms with van der Waals surface area (Å²) < 4.78 is 0. The van der Waals surface area contributed by atoms with E-state index in [9.17, 15) is 0 Å². The zero-order chi connectivity index (χ0) is 14.5. The van der Waals surface area contributed by atoms with E-state index in [4.69, 9.17) is 23.2 Å². The Hall–Kier alpha value is -1.02. The van der Waals surface area contributed by atoms with Gasteiger partial charge in [-0.3, -0.25) is 0 Å². The first-order chi connectivity index (χ1) is 9.58. The van der Waals surface area contributed by atoms with Crippen LogP contribution in [-0.4, -0.2) is 0 Å². The average molecular weight is 308 g/mol. The summed E-state index contributed by atoms with van der Waals surface area (Å²) in [6.07, 6.45) is 0. The summed E-state index contributed by atoms with van der Waals surface area (Å²) in [5.41, 5.74) is 2.45. The molecule has 0 saturated heterocycles. The maximum atomic E-state index is 6.05. The molecule has 0 amide bonds. The van der Waals surface area contributed by atoms with E-state index >= 15 is 0 Å². The summed E-state index contributed by atoms with van der Waals surface area (Å²) >= 11 is 12.0. The molecule has 0 aliphatic rings. The van der Waals surface area contributed by atoms with E-state index in [-0.39, 0.29) is 0 Å². The Labute approximate surface area is 130 Å². The smallest absolute Gasteiger partial charge is 0.0595 e. The summed E-state index contributed by atoms with van der Waals surface area (Å²) in [6.45, 7) is 5.22. The SMILES string of the molecule is CC(C)C(NCc1ccc(Cl)c(Cl)c1)c1ccccc1. The Morgan fingerprint density at radius 3 is 2.25 bits per heavy atom. The molecule has 1 nitrogen and oxygen atoms in total. The van der Waals surface area contributed by atoms with E-state index in [0.717, 1.165) is 12.1 Å². The van der Waals surface area contributed by atoms with Crippen LogP contribution in [0.4, 0.5) is 0 Å². The Bertz CT molecular complexity index is 552. The van der Waals surface area contributed by atoms with Crippen LogP contribution < -0.4 is 5.32 Å². The van der Waals surface area contributed by atoms with Crippen molar-refractivity contribution in [2.24, 2.45) is 5.92 Å². The molecule has 1 N–H and O–H groups in total. The molecule has 0 aliphatic carbocycles. The van der Waals surface area contributed by atoms with Gasteiger partial charge in [-0.15, -0.1) is 0 Å². The minimum Gasteiger partial charge on any atom is -0.306 e. The molecule has 20 heavy (non-hydrogen) atoms. The van der Waals surface area contributed by atoms with Crippen molar-refractivity contribution in [1.82, 2.24) is 5.32 Å². The van der Waals surface area contributed by atoms with Crippen molar-refractivity contribution < 1.29 is 0 Å². The van der Waals surface area contributed by atoms with Crippen molar-refractivity contribution in [2.75, 3.05) is 0 Å². The van der Waals surface area contributed by atoms with Gasteiger partial charge in [-0.1, -0.05) is 73.4 Å². The zero-order valence-electron chi connectivity index (χ0n) is 11.7. The summed E-state index contributed by atoms with van der Waals surface area (Å²) in [4.78, 5) is 0. The van der Waals surface area contributed by atoms with Gasteiger partial charge in [0.25, 0.3) is 0 Å². The first kappa shape index (κ1) is 15.4. The van der Waals surface area contributed by atoms with E-state index in [2.05, 4.69) is 43.4 Å². The molecular formula is C17H19Cl2N. The Balaban J connectivity index is 2.08. The normalized spacial score (nSPS) is 12.7. The Kier molecular flexibility index (Phi) is 5.47. The lowest BCUT2D eigenvalue weighted by Gasteiger charge is -2.23. The van der Waals surface area contributed by atoms with Gasteiger partial charge in [-0.05, 0) is 29.2 Å². The number of hydrogen-bond acceptors (Lipinski definition) is 1. The van der Waals surface area contributed by atoms with Gasteiger partial charge >= 0.3 is 0 Å². The number of benzene rings is 2.